The first-order chi connectivity index (χ1) is 16.7. The van der Waals surface area contributed by atoms with Crippen LogP contribution < -0.4 is 15.0 Å². The van der Waals surface area contributed by atoms with Gasteiger partial charge in [-0.3, -0.25) is 4.79 Å². The molecule has 35 heavy (non-hydrogen) atoms. The zero-order chi connectivity index (χ0) is 25.7. The van der Waals surface area contributed by atoms with Gasteiger partial charge in [-0.25, -0.2) is 9.78 Å². The number of ether oxygens (including phenoxy) is 3. The van der Waals surface area contributed by atoms with Crippen LogP contribution in [-0.4, -0.2) is 41.7 Å². The monoisotopic (exact) mass is 607 g/mol. The number of hydrogen-bond acceptors (Lipinski definition) is 7. The van der Waals surface area contributed by atoms with Crippen molar-refractivity contribution in [1.29, 1.82) is 0 Å². The first-order valence-electron chi connectivity index (χ1n) is 11.2. The lowest BCUT2D eigenvalue weighted by molar-refractivity contribution is -0.147. The second-order valence-corrected chi connectivity index (χ2v) is 9.62. The summed E-state index contributed by atoms with van der Waals surface area (Å²) < 4.78 is 19.0. The molecule has 0 unspecified atom stereocenters. The predicted molar refractivity (Wildman–Crippen MR) is 143 cm³/mol. The number of aromatic nitrogens is 2. The minimum Gasteiger partial charge on any atom is -0.490 e. The quantitative estimate of drug-likeness (QED) is 0.230. The van der Waals surface area contributed by atoms with Gasteiger partial charge in [0.25, 0.3) is 5.56 Å². The predicted octanol–water partition coefficient (Wildman–Crippen LogP) is 5.66. The lowest BCUT2D eigenvalue weighted by Gasteiger charge is -2.18. The van der Waals surface area contributed by atoms with Crippen LogP contribution in [0.1, 0.15) is 51.4 Å². The number of carbonyl (C=O) groups excluding carboxylic acids is 1. The lowest BCUT2D eigenvalue weighted by atomic mass is 10.1. The minimum atomic E-state index is -0.824. The van der Waals surface area contributed by atoms with Crippen LogP contribution in [0.15, 0.2) is 49.2 Å². The van der Waals surface area contributed by atoms with Crippen LogP contribution in [0.4, 0.5) is 0 Å². The van der Waals surface area contributed by atoms with E-state index in [0.29, 0.717) is 44.9 Å². The highest BCUT2D eigenvalue weighted by molar-refractivity contribution is 9.10. The number of fused-ring (bicyclic) bond motifs is 1. The smallest absolute Gasteiger partial charge is 0.346 e. The average molecular weight is 609 g/mol. The molecule has 1 heterocycles. The molecule has 0 fully saturated rings. The van der Waals surface area contributed by atoms with Crippen LogP contribution >= 0.6 is 31.9 Å². The number of methoxy groups -OCH3 is 1. The standard InChI is InChI=1S/C25H27Br2N3O5/c1-6-14(3)23-29-20-9-8-17(26)12-18(20)24(31)30(23)28-13-16-10-19(27)22(21(11-16)34-7-2)35-15(4)25(32)33-5/h8-15H,6-7H2,1-5H3/t14-,15-/m0/s1. The van der Waals surface area contributed by atoms with Crippen LogP contribution in [0.5, 0.6) is 11.5 Å². The van der Waals surface area contributed by atoms with Gasteiger partial charge in [0, 0.05) is 10.4 Å². The minimum absolute atomic E-state index is 0.0224. The molecule has 3 aromatic rings. The molecule has 0 bridgehead atoms. The fourth-order valence-corrected chi connectivity index (χ4v) is 4.25. The van der Waals surface area contributed by atoms with Crippen molar-refractivity contribution in [2.75, 3.05) is 13.7 Å². The van der Waals surface area contributed by atoms with Crippen molar-refractivity contribution in [3.8, 4) is 11.5 Å². The summed E-state index contributed by atoms with van der Waals surface area (Å²) >= 11 is 6.91. The number of esters is 1. The molecule has 186 valence electrons. The van der Waals surface area contributed by atoms with Crippen LogP contribution in [-0.2, 0) is 9.53 Å². The van der Waals surface area contributed by atoms with Crippen LogP contribution in [0, 0.1) is 0 Å². The van der Waals surface area contributed by atoms with E-state index in [1.165, 1.54) is 11.8 Å². The summed E-state index contributed by atoms with van der Waals surface area (Å²) in [6.07, 6.45) is 1.54. The van der Waals surface area contributed by atoms with Crippen LogP contribution in [0.3, 0.4) is 0 Å². The molecule has 1 aromatic heterocycles. The molecular weight excluding hydrogens is 582 g/mol. The SMILES string of the molecule is CCOc1cc(C=Nn2c([C@@H](C)CC)nc3ccc(Br)cc3c2=O)cc(Br)c1O[C@@H](C)C(=O)OC. The van der Waals surface area contributed by atoms with Crippen molar-refractivity contribution in [3.05, 3.63) is 61.0 Å². The highest BCUT2D eigenvalue weighted by atomic mass is 79.9. The second kappa shape index (κ2) is 11.8. The Hall–Kier alpha value is -2.72. The second-order valence-electron chi connectivity index (χ2n) is 7.85. The van der Waals surface area contributed by atoms with Crippen molar-refractivity contribution in [3.63, 3.8) is 0 Å². The average Bonchev–Trinajstić information content (AvgIpc) is 2.84. The molecule has 3 rings (SSSR count). The summed E-state index contributed by atoms with van der Waals surface area (Å²) in [6, 6.07) is 8.93. The molecule has 0 aliphatic carbocycles. The van der Waals surface area contributed by atoms with Gasteiger partial charge in [-0.05, 0) is 72.1 Å². The molecule has 0 saturated heterocycles. The molecule has 0 radical (unpaired) electrons. The van der Waals surface area contributed by atoms with Crippen molar-refractivity contribution in [2.45, 2.75) is 46.1 Å². The maximum absolute atomic E-state index is 13.3. The zero-order valence-electron chi connectivity index (χ0n) is 20.2. The van der Waals surface area contributed by atoms with Gasteiger partial charge >= 0.3 is 5.97 Å². The molecule has 0 spiro atoms. The Morgan fingerprint density at radius 3 is 2.60 bits per heavy atom. The maximum atomic E-state index is 13.3. The fraction of sp³-hybridized carbons (Fsp3) is 0.360. The molecule has 0 saturated carbocycles. The molecule has 10 heteroatoms. The van der Waals surface area contributed by atoms with Crippen molar-refractivity contribution in [2.24, 2.45) is 5.10 Å². The van der Waals surface area contributed by atoms with E-state index < -0.39 is 12.1 Å². The topological polar surface area (TPSA) is 92.0 Å². The van der Waals surface area contributed by atoms with E-state index in [4.69, 9.17) is 19.2 Å². The van der Waals surface area contributed by atoms with Gasteiger partial charge in [0.05, 0.1) is 35.3 Å². The zero-order valence-corrected chi connectivity index (χ0v) is 23.3. The number of benzene rings is 2. The number of rotatable bonds is 9. The Kier molecular flexibility index (Phi) is 9.07. The first kappa shape index (κ1) is 26.9. The Bertz CT molecular complexity index is 1320. The van der Waals surface area contributed by atoms with Gasteiger partial charge in [-0.2, -0.15) is 9.78 Å². The van der Waals surface area contributed by atoms with Crippen molar-refractivity contribution in [1.82, 2.24) is 9.66 Å². The summed E-state index contributed by atoms with van der Waals surface area (Å²) in [7, 11) is 1.30. The Morgan fingerprint density at radius 1 is 1.20 bits per heavy atom. The van der Waals surface area contributed by atoms with Gasteiger partial charge in [0.15, 0.2) is 17.6 Å². The summed E-state index contributed by atoms with van der Waals surface area (Å²) in [5, 5.41) is 4.98. The van der Waals surface area contributed by atoms with E-state index in [0.717, 1.165) is 10.9 Å². The van der Waals surface area contributed by atoms with Crippen LogP contribution in [0.2, 0.25) is 0 Å². The van der Waals surface area contributed by atoms with E-state index in [-0.39, 0.29) is 11.5 Å². The van der Waals surface area contributed by atoms with Gasteiger partial charge < -0.3 is 14.2 Å². The summed E-state index contributed by atoms with van der Waals surface area (Å²) in [6.45, 7) is 7.88. The molecule has 0 aliphatic rings. The van der Waals surface area contributed by atoms with Gasteiger partial charge in [-0.15, -0.1) is 0 Å². The van der Waals surface area contributed by atoms with E-state index in [9.17, 15) is 9.59 Å². The molecular formula is C25H27Br2N3O5. The number of hydrogen-bond donors (Lipinski definition) is 0. The Labute approximate surface area is 220 Å². The maximum Gasteiger partial charge on any atom is 0.346 e. The third-order valence-electron chi connectivity index (χ3n) is 5.37. The van der Waals surface area contributed by atoms with Gasteiger partial charge in [-0.1, -0.05) is 29.8 Å². The summed E-state index contributed by atoms with van der Waals surface area (Å²) in [5.41, 5.74) is 1.04. The van der Waals surface area contributed by atoms with Gasteiger partial charge in [0.2, 0.25) is 0 Å². The van der Waals surface area contributed by atoms with Crippen molar-refractivity contribution < 1.29 is 19.0 Å². The number of halogens is 2. The highest BCUT2D eigenvalue weighted by Crippen LogP contribution is 2.37. The van der Waals surface area contributed by atoms with E-state index in [1.54, 1.807) is 31.3 Å². The third kappa shape index (κ3) is 6.10. The molecule has 0 aliphatic heterocycles. The molecule has 0 N–H and O–H groups in total. The number of carbonyl (C=O) groups is 1. The first-order valence-corrected chi connectivity index (χ1v) is 12.8. The normalized spacial score (nSPS) is 13.1. The molecule has 0 amide bonds. The summed E-state index contributed by atoms with van der Waals surface area (Å²) in [5.74, 6) is 0.900. The molecule has 8 nitrogen and oxygen atoms in total. The third-order valence-corrected chi connectivity index (χ3v) is 6.45. The van der Waals surface area contributed by atoms with Gasteiger partial charge in [0.1, 0.15) is 5.82 Å². The van der Waals surface area contributed by atoms with E-state index in [2.05, 4.69) is 37.0 Å². The highest BCUT2D eigenvalue weighted by Gasteiger charge is 2.21. The van der Waals surface area contributed by atoms with E-state index >= 15 is 0 Å². The van der Waals surface area contributed by atoms with Crippen LogP contribution in [0.25, 0.3) is 10.9 Å². The Morgan fingerprint density at radius 2 is 1.94 bits per heavy atom. The Balaban J connectivity index is 2.09. The largest absolute Gasteiger partial charge is 0.490 e. The molecule has 2 atom stereocenters. The summed E-state index contributed by atoms with van der Waals surface area (Å²) in [4.78, 5) is 29.9. The molecule has 2 aromatic carbocycles. The van der Waals surface area contributed by atoms with E-state index in [1.807, 2.05) is 32.9 Å². The lowest BCUT2D eigenvalue weighted by Crippen LogP contribution is -2.25. The van der Waals surface area contributed by atoms with Crippen molar-refractivity contribution >= 4 is 54.9 Å². The number of nitrogens with zero attached hydrogens (tertiary/aromatic N) is 3. The fourth-order valence-electron chi connectivity index (χ4n) is 3.33.